The van der Waals surface area contributed by atoms with Crippen LogP contribution in [0, 0.1) is 12.3 Å². The zero-order valence-electron chi connectivity index (χ0n) is 8.98. The second-order valence-electron chi connectivity index (χ2n) is 3.79. The van der Waals surface area contributed by atoms with Gasteiger partial charge in [0.15, 0.2) is 0 Å². The third kappa shape index (κ3) is 2.22. The Morgan fingerprint density at radius 1 is 1.71 bits per heavy atom. The molecule has 0 amide bonds. The SMILES string of the molecule is C#Cc1cnc(=O)n([C@H]2C[C@H](O)[C@@H](CO)O2)c1. The molecule has 1 aromatic heterocycles. The molecule has 1 saturated heterocycles. The van der Waals surface area contributed by atoms with Gasteiger partial charge in [0.05, 0.1) is 18.3 Å². The van der Waals surface area contributed by atoms with Gasteiger partial charge in [-0.1, -0.05) is 5.92 Å². The molecule has 6 nitrogen and oxygen atoms in total. The topological polar surface area (TPSA) is 84.6 Å². The van der Waals surface area contributed by atoms with Crippen molar-refractivity contribution in [2.24, 2.45) is 0 Å². The van der Waals surface area contributed by atoms with Crippen LogP contribution in [-0.4, -0.2) is 38.6 Å². The molecule has 0 saturated carbocycles. The Morgan fingerprint density at radius 3 is 3.06 bits per heavy atom. The summed E-state index contributed by atoms with van der Waals surface area (Å²) in [6, 6.07) is 0. The monoisotopic (exact) mass is 236 g/mol. The Labute approximate surface area is 97.5 Å². The summed E-state index contributed by atoms with van der Waals surface area (Å²) in [6.45, 7) is -0.297. The number of rotatable bonds is 2. The lowest BCUT2D eigenvalue weighted by Gasteiger charge is -2.14. The highest BCUT2D eigenvalue weighted by molar-refractivity contribution is 5.25. The summed E-state index contributed by atoms with van der Waals surface area (Å²) >= 11 is 0. The third-order valence-corrected chi connectivity index (χ3v) is 2.67. The Bertz CT molecular complexity index is 505. The fraction of sp³-hybridized carbons (Fsp3) is 0.455. The Kier molecular flexibility index (Phi) is 3.24. The average molecular weight is 236 g/mol. The lowest BCUT2D eigenvalue weighted by atomic mass is 10.2. The normalized spacial score (nSPS) is 27.9. The molecule has 2 rings (SSSR count). The van der Waals surface area contributed by atoms with Gasteiger partial charge in [-0.05, 0) is 0 Å². The van der Waals surface area contributed by atoms with Gasteiger partial charge < -0.3 is 14.9 Å². The zero-order valence-corrected chi connectivity index (χ0v) is 8.98. The fourth-order valence-corrected chi connectivity index (χ4v) is 1.76. The first-order chi connectivity index (χ1) is 8.15. The van der Waals surface area contributed by atoms with E-state index < -0.39 is 24.1 Å². The summed E-state index contributed by atoms with van der Waals surface area (Å²) in [6.07, 6.45) is 6.06. The highest BCUT2D eigenvalue weighted by Crippen LogP contribution is 2.27. The lowest BCUT2D eigenvalue weighted by Crippen LogP contribution is -2.27. The van der Waals surface area contributed by atoms with Crippen molar-refractivity contribution in [3.8, 4) is 12.3 Å². The van der Waals surface area contributed by atoms with Crippen LogP contribution in [0.25, 0.3) is 0 Å². The molecule has 0 spiro atoms. The van der Waals surface area contributed by atoms with E-state index in [1.165, 1.54) is 17.0 Å². The number of hydrogen-bond acceptors (Lipinski definition) is 5. The average Bonchev–Trinajstić information content (AvgIpc) is 2.71. The van der Waals surface area contributed by atoms with Gasteiger partial charge in [-0.3, -0.25) is 4.57 Å². The highest BCUT2D eigenvalue weighted by atomic mass is 16.5. The molecular weight excluding hydrogens is 224 g/mol. The molecule has 1 fully saturated rings. The van der Waals surface area contributed by atoms with Gasteiger partial charge in [0.2, 0.25) is 0 Å². The first kappa shape index (κ1) is 11.8. The van der Waals surface area contributed by atoms with Gasteiger partial charge in [0, 0.05) is 18.8 Å². The molecule has 6 heteroatoms. The molecule has 1 aromatic rings. The smallest absolute Gasteiger partial charge is 0.349 e. The minimum atomic E-state index is -0.800. The molecule has 0 aromatic carbocycles. The van der Waals surface area contributed by atoms with Crippen LogP contribution in [0.2, 0.25) is 0 Å². The number of hydrogen-bond donors (Lipinski definition) is 2. The molecule has 1 aliphatic heterocycles. The Balaban J connectivity index is 2.30. The maximum Gasteiger partial charge on any atom is 0.349 e. The van der Waals surface area contributed by atoms with Crippen molar-refractivity contribution < 1.29 is 14.9 Å². The summed E-state index contributed by atoms with van der Waals surface area (Å²) in [7, 11) is 0. The van der Waals surface area contributed by atoms with Gasteiger partial charge in [-0.25, -0.2) is 9.78 Å². The molecule has 0 aliphatic carbocycles. The van der Waals surface area contributed by atoms with Crippen molar-refractivity contribution in [3.05, 3.63) is 28.4 Å². The molecule has 0 radical (unpaired) electrons. The molecule has 2 N–H and O–H groups in total. The van der Waals surface area contributed by atoms with Gasteiger partial charge in [-0.2, -0.15) is 0 Å². The maximum atomic E-state index is 11.5. The fourth-order valence-electron chi connectivity index (χ4n) is 1.76. The first-order valence-electron chi connectivity index (χ1n) is 5.15. The third-order valence-electron chi connectivity index (χ3n) is 2.67. The molecule has 3 atom stereocenters. The van der Waals surface area contributed by atoms with E-state index in [0.29, 0.717) is 5.56 Å². The number of aliphatic hydroxyl groups excluding tert-OH is 2. The number of terminal acetylenes is 1. The van der Waals surface area contributed by atoms with E-state index in [4.69, 9.17) is 16.3 Å². The molecule has 0 unspecified atom stereocenters. The minimum Gasteiger partial charge on any atom is -0.394 e. The summed E-state index contributed by atoms with van der Waals surface area (Å²) in [5.74, 6) is 2.36. The van der Waals surface area contributed by atoms with Crippen molar-refractivity contribution in [2.45, 2.75) is 24.9 Å². The summed E-state index contributed by atoms with van der Waals surface area (Å²) in [4.78, 5) is 15.1. The molecule has 1 aliphatic rings. The first-order valence-corrected chi connectivity index (χ1v) is 5.15. The van der Waals surface area contributed by atoms with Crippen LogP contribution in [0.1, 0.15) is 18.2 Å². The summed E-state index contributed by atoms with van der Waals surface area (Å²) in [5, 5.41) is 18.5. The van der Waals surface area contributed by atoms with E-state index in [1.807, 2.05) is 0 Å². The summed E-state index contributed by atoms with van der Waals surface area (Å²) < 4.78 is 6.57. The number of aromatic nitrogens is 2. The van der Waals surface area contributed by atoms with E-state index in [-0.39, 0.29) is 13.0 Å². The van der Waals surface area contributed by atoms with Crippen molar-refractivity contribution in [1.82, 2.24) is 9.55 Å². The number of aliphatic hydroxyl groups is 2. The van der Waals surface area contributed by atoms with E-state index in [2.05, 4.69) is 10.9 Å². The predicted octanol–water partition coefficient (Wildman–Crippen LogP) is -1.13. The Hall–Kier alpha value is -1.68. The number of nitrogens with zero attached hydrogens (tertiary/aromatic N) is 2. The van der Waals surface area contributed by atoms with Crippen LogP contribution in [0.15, 0.2) is 17.2 Å². The van der Waals surface area contributed by atoms with Gasteiger partial charge in [-0.15, -0.1) is 6.42 Å². The standard InChI is InChI=1S/C11H12N2O4/c1-2-7-4-12-11(16)13(5-7)10-3-8(15)9(6-14)17-10/h1,4-5,8-10,14-15H,3,6H2/t8-,9+,10+/m0/s1. The van der Waals surface area contributed by atoms with Crippen molar-refractivity contribution >= 4 is 0 Å². The van der Waals surface area contributed by atoms with Crippen molar-refractivity contribution in [2.75, 3.05) is 6.61 Å². The van der Waals surface area contributed by atoms with Gasteiger partial charge in [0.25, 0.3) is 0 Å². The second kappa shape index (κ2) is 4.67. The second-order valence-corrected chi connectivity index (χ2v) is 3.79. The quantitative estimate of drug-likeness (QED) is 0.634. The molecular formula is C11H12N2O4. The predicted molar refractivity (Wildman–Crippen MR) is 58.1 cm³/mol. The molecule has 90 valence electrons. The zero-order chi connectivity index (χ0) is 12.4. The highest BCUT2D eigenvalue weighted by Gasteiger charge is 2.34. The minimum absolute atomic E-state index is 0.223. The molecule has 0 bridgehead atoms. The van der Waals surface area contributed by atoms with E-state index >= 15 is 0 Å². The van der Waals surface area contributed by atoms with Gasteiger partial charge in [0.1, 0.15) is 12.3 Å². The van der Waals surface area contributed by atoms with Crippen LogP contribution in [-0.2, 0) is 4.74 Å². The van der Waals surface area contributed by atoms with E-state index in [9.17, 15) is 9.90 Å². The van der Waals surface area contributed by atoms with Gasteiger partial charge >= 0.3 is 5.69 Å². The van der Waals surface area contributed by atoms with Crippen LogP contribution >= 0.6 is 0 Å². The van der Waals surface area contributed by atoms with Crippen LogP contribution < -0.4 is 5.69 Å². The van der Waals surface area contributed by atoms with Crippen molar-refractivity contribution in [3.63, 3.8) is 0 Å². The molecule has 2 heterocycles. The van der Waals surface area contributed by atoms with Crippen molar-refractivity contribution in [1.29, 1.82) is 0 Å². The van der Waals surface area contributed by atoms with Crippen LogP contribution in [0.4, 0.5) is 0 Å². The summed E-state index contributed by atoms with van der Waals surface area (Å²) in [5.41, 5.74) is -0.0464. The Morgan fingerprint density at radius 2 is 2.47 bits per heavy atom. The van der Waals surface area contributed by atoms with Crippen LogP contribution in [0.5, 0.6) is 0 Å². The van der Waals surface area contributed by atoms with E-state index in [0.717, 1.165) is 0 Å². The van der Waals surface area contributed by atoms with E-state index in [1.54, 1.807) is 0 Å². The lowest BCUT2D eigenvalue weighted by molar-refractivity contribution is -0.0459. The molecule has 17 heavy (non-hydrogen) atoms. The maximum absolute atomic E-state index is 11.5. The van der Waals surface area contributed by atoms with Crippen LogP contribution in [0.3, 0.4) is 0 Å². The number of ether oxygens (including phenoxy) is 1. The largest absolute Gasteiger partial charge is 0.394 e.